The number of fused-ring (bicyclic) bond motifs is 1. The second-order valence-corrected chi connectivity index (χ2v) is 9.27. The molecule has 2 amide bonds. The number of anilines is 1. The van der Waals surface area contributed by atoms with Gasteiger partial charge in [-0.15, -0.1) is 0 Å². The summed E-state index contributed by atoms with van der Waals surface area (Å²) in [6, 6.07) is 16.2. The van der Waals surface area contributed by atoms with Crippen LogP contribution in [-0.4, -0.2) is 45.9 Å². The lowest BCUT2D eigenvalue weighted by Gasteiger charge is -2.22. The highest BCUT2D eigenvalue weighted by atomic mass is 16.2. The average Bonchev–Trinajstić information content (AvgIpc) is 3.27. The van der Waals surface area contributed by atoms with E-state index in [0.717, 1.165) is 54.9 Å². The van der Waals surface area contributed by atoms with E-state index in [9.17, 15) is 9.59 Å². The monoisotopic (exact) mass is 444 g/mol. The minimum atomic E-state index is -0.0346. The number of amides is 2. The molecular weight excluding hydrogens is 412 g/mol. The highest BCUT2D eigenvalue weighted by molar-refractivity contribution is 5.96. The number of benzene rings is 2. The lowest BCUT2D eigenvalue weighted by molar-refractivity contribution is -0.131. The number of likely N-dealkylation sites (tertiary alicyclic amines) is 1. The van der Waals surface area contributed by atoms with E-state index >= 15 is 0 Å². The summed E-state index contributed by atoms with van der Waals surface area (Å²) in [6.45, 7) is 4.68. The number of imidazole rings is 1. The molecule has 0 spiro atoms. The van der Waals surface area contributed by atoms with Gasteiger partial charge in [0.05, 0.1) is 11.0 Å². The standard InChI is InChI=1S/C27H32N4O2/c1-2-20-11-13-22(14-12-20)30-18-21(17-25(30)32)27-28-23-9-5-6-10-24(23)31(27)19-26(33)29-15-7-3-4-8-16-29/h5-6,9-14,21H,2-4,7-8,15-19H2,1H3/t21-/m1/s1. The van der Waals surface area contributed by atoms with Crippen LogP contribution >= 0.6 is 0 Å². The Morgan fingerprint density at radius 3 is 2.45 bits per heavy atom. The van der Waals surface area contributed by atoms with Crippen LogP contribution in [-0.2, 0) is 22.6 Å². The van der Waals surface area contributed by atoms with Crippen LogP contribution in [0.3, 0.4) is 0 Å². The molecule has 1 aromatic heterocycles. The first-order valence-corrected chi connectivity index (χ1v) is 12.3. The zero-order valence-corrected chi connectivity index (χ0v) is 19.4. The Hall–Kier alpha value is -3.15. The van der Waals surface area contributed by atoms with Crippen molar-refractivity contribution in [2.75, 3.05) is 24.5 Å². The van der Waals surface area contributed by atoms with E-state index in [1.807, 2.05) is 46.2 Å². The van der Waals surface area contributed by atoms with Gasteiger partial charge in [0.2, 0.25) is 11.8 Å². The molecule has 0 aliphatic carbocycles. The molecule has 2 fully saturated rings. The minimum absolute atomic E-state index is 0.0346. The number of carbonyl (C=O) groups excluding carboxylic acids is 2. The van der Waals surface area contributed by atoms with Crippen molar-refractivity contribution in [2.45, 2.75) is 57.9 Å². The summed E-state index contributed by atoms with van der Waals surface area (Å²) in [5.41, 5.74) is 4.04. The highest BCUT2D eigenvalue weighted by Crippen LogP contribution is 2.33. The van der Waals surface area contributed by atoms with E-state index in [4.69, 9.17) is 4.98 Å². The van der Waals surface area contributed by atoms with Crippen LogP contribution in [0.1, 0.15) is 56.3 Å². The number of rotatable bonds is 5. The SMILES string of the molecule is CCc1ccc(N2C[C@H](c3nc4ccccc4n3CC(=O)N3CCCCCC3)CC2=O)cc1. The molecular formula is C27H32N4O2. The van der Waals surface area contributed by atoms with Crippen molar-refractivity contribution in [1.29, 1.82) is 0 Å². The van der Waals surface area contributed by atoms with E-state index < -0.39 is 0 Å². The van der Waals surface area contributed by atoms with Gasteiger partial charge in [-0.2, -0.15) is 0 Å². The van der Waals surface area contributed by atoms with Gasteiger partial charge in [-0.1, -0.05) is 44.0 Å². The zero-order valence-electron chi connectivity index (χ0n) is 19.4. The normalized spacial score (nSPS) is 19.3. The van der Waals surface area contributed by atoms with Crippen LogP contribution in [0.2, 0.25) is 0 Å². The van der Waals surface area contributed by atoms with Gasteiger partial charge in [-0.3, -0.25) is 9.59 Å². The highest BCUT2D eigenvalue weighted by Gasteiger charge is 2.35. The predicted molar refractivity (Wildman–Crippen MR) is 130 cm³/mol. The summed E-state index contributed by atoms with van der Waals surface area (Å²) in [4.78, 5) is 35.0. The predicted octanol–water partition coefficient (Wildman–Crippen LogP) is 4.52. The van der Waals surface area contributed by atoms with Crippen molar-refractivity contribution in [1.82, 2.24) is 14.5 Å². The number of nitrogens with zero attached hydrogens (tertiary/aromatic N) is 4. The molecule has 6 nitrogen and oxygen atoms in total. The van der Waals surface area contributed by atoms with Crippen molar-refractivity contribution >= 4 is 28.5 Å². The number of para-hydroxylation sites is 2. The number of aryl methyl sites for hydroxylation is 1. The molecule has 5 rings (SSSR count). The quantitative estimate of drug-likeness (QED) is 0.581. The van der Waals surface area contributed by atoms with E-state index in [1.54, 1.807) is 0 Å². The van der Waals surface area contributed by atoms with Gasteiger partial charge in [-0.05, 0) is 49.1 Å². The number of aromatic nitrogens is 2. The maximum Gasteiger partial charge on any atom is 0.242 e. The van der Waals surface area contributed by atoms with E-state index in [0.29, 0.717) is 13.0 Å². The summed E-state index contributed by atoms with van der Waals surface area (Å²) in [7, 11) is 0. The van der Waals surface area contributed by atoms with Crippen LogP contribution in [0, 0.1) is 0 Å². The Kier molecular flexibility index (Phi) is 6.16. The van der Waals surface area contributed by atoms with Gasteiger partial charge in [-0.25, -0.2) is 4.98 Å². The average molecular weight is 445 g/mol. The molecule has 3 aromatic rings. The Morgan fingerprint density at radius 2 is 1.73 bits per heavy atom. The van der Waals surface area contributed by atoms with Crippen LogP contribution in [0.25, 0.3) is 11.0 Å². The number of hydrogen-bond donors (Lipinski definition) is 0. The lowest BCUT2D eigenvalue weighted by Crippen LogP contribution is -2.35. The first-order valence-electron chi connectivity index (χ1n) is 12.3. The van der Waals surface area contributed by atoms with Gasteiger partial charge in [0.25, 0.3) is 0 Å². The molecule has 3 heterocycles. The zero-order chi connectivity index (χ0) is 22.8. The molecule has 0 radical (unpaired) electrons. The maximum absolute atomic E-state index is 13.2. The molecule has 2 aliphatic rings. The molecule has 33 heavy (non-hydrogen) atoms. The van der Waals surface area contributed by atoms with Crippen LogP contribution in [0.15, 0.2) is 48.5 Å². The van der Waals surface area contributed by atoms with Gasteiger partial charge < -0.3 is 14.4 Å². The lowest BCUT2D eigenvalue weighted by atomic mass is 10.1. The first kappa shape index (κ1) is 21.7. The maximum atomic E-state index is 13.2. The molecule has 1 atom stereocenters. The largest absolute Gasteiger partial charge is 0.341 e. The molecule has 0 saturated carbocycles. The van der Waals surface area contributed by atoms with Gasteiger partial charge in [0, 0.05) is 37.7 Å². The summed E-state index contributed by atoms with van der Waals surface area (Å²) in [6.07, 6.45) is 5.94. The third-order valence-corrected chi connectivity index (χ3v) is 7.08. The summed E-state index contributed by atoms with van der Waals surface area (Å²) in [5, 5.41) is 0. The Labute approximate surface area is 195 Å². The molecule has 0 bridgehead atoms. The summed E-state index contributed by atoms with van der Waals surface area (Å²) >= 11 is 0. The molecule has 0 N–H and O–H groups in total. The third-order valence-electron chi connectivity index (χ3n) is 7.08. The van der Waals surface area contributed by atoms with Crippen molar-refractivity contribution in [3.8, 4) is 0 Å². The second kappa shape index (κ2) is 9.38. The Bertz CT molecular complexity index is 1140. The van der Waals surface area contributed by atoms with Crippen LogP contribution < -0.4 is 4.90 Å². The smallest absolute Gasteiger partial charge is 0.242 e. The fourth-order valence-electron chi connectivity index (χ4n) is 5.17. The van der Waals surface area contributed by atoms with Crippen LogP contribution in [0.4, 0.5) is 5.69 Å². The topological polar surface area (TPSA) is 58.4 Å². The van der Waals surface area contributed by atoms with Crippen molar-refractivity contribution < 1.29 is 9.59 Å². The molecule has 2 aliphatic heterocycles. The Balaban J connectivity index is 1.43. The second-order valence-electron chi connectivity index (χ2n) is 9.27. The number of hydrogen-bond acceptors (Lipinski definition) is 3. The van der Waals surface area contributed by atoms with E-state index in [-0.39, 0.29) is 24.3 Å². The number of carbonyl (C=O) groups is 2. The van der Waals surface area contributed by atoms with E-state index in [1.165, 1.54) is 18.4 Å². The van der Waals surface area contributed by atoms with Crippen molar-refractivity contribution in [2.24, 2.45) is 0 Å². The van der Waals surface area contributed by atoms with Gasteiger partial charge in [0.1, 0.15) is 12.4 Å². The Morgan fingerprint density at radius 1 is 1.00 bits per heavy atom. The van der Waals surface area contributed by atoms with E-state index in [2.05, 4.69) is 23.6 Å². The van der Waals surface area contributed by atoms with Gasteiger partial charge in [0.15, 0.2) is 0 Å². The minimum Gasteiger partial charge on any atom is -0.341 e. The fourth-order valence-corrected chi connectivity index (χ4v) is 5.17. The molecule has 172 valence electrons. The molecule has 0 unspecified atom stereocenters. The summed E-state index contributed by atoms with van der Waals surface area (Å²) in [5.74, 6) is 1.08. The van der Waals surface area contributed by atoms with Gasteiger partial charge >= 0.3 is 0 Å². The molecule has 2 aromatic carbocycles. The first-order chi connectivity index (χ1) is 16.1. The molecule has 2 saturated heterocycles. The summed E-state index contributed by atoms with van der Waals surface area (Å²) < 4.78 is 2.06. The molecule has 6 heteroatoms. The van der Waals surface area contributed by atoms with Crippen LogP contribution in [0.5, 0.6) is 0 Å². The third kappa shape index (κ3) is 4.39. The van der Waals surface area contributed by atoms with Crippen molar-refractivity contribution in [3.63, 3.8) is 0 Å². The van der Waals surface area contributed by atoms with Crippen molar-refractivity contribution in [3.05, 3.63) is 59.9 Å². The fraction of sp³-hybridized carbons (Fsp3) is 0.444.